The van der Waals surface area contributed by atoms with Crippen molar-refractivity contribution in [1.29, 1.82) is 0 Å². The Labute approximate surface area is 117 Å². The zero-order chi connectivity index (χ0) is 14.0. The van der Waals surface area contributed by atoms with Crippen LogP contribution in [0.15, 0.2) is 36.5 Å². The van der Waals surface area contributed by atoms with Gasteiger partial charge in [0.25, 0.3) is 0 Å². The lowest BCUT2D eigenvalue weighted by molar-refractivity contribution is -0.157. The van der Waals surface area contributed by atoms with Gasteiger partial charge < -0.3 is 9.84 Å². The highest BCUT2D eigenvalue weighted by Crippen LogP contribution is 2.34. The Balaban J connectivity index is 2.00. The Morgan fingerprint density at radius 2 is 2.20 bits per heavy atom. The SMILES string of the molecule is O=C(O)C1(Cc2ccnc3ccccc23)CCCOC1. The standard InChI is InChI=1S/C16H17NO3/c18-15(19)16(7-3-9-20-11-16)10-12-6-8-17-14-5-2-1-4-13(12)14/h1-2,4-6,8H,3,7,9-11H2,(H,18,19). The van der Waals surface area contributed by atoms with E-state index in [0.29, 0.717) is 26.1 Å². The van der Waals surface area contributed by atoms with Crippen molar-refractivity contribution in [3.05, 3.63) is 42.1 Å². The molecule has 2 aromatic rings. The molecule has 0 saturated carbocycles. The Morgan fingerprint density at radius 3 is 2.95 bits per heavy atom. The number of hydrogen-bond donors (Lipinski definition) is 1. The Kier molecular flexibility index (Phi) is 3.40. The zero-order valence-corrected chi connectivity index (χ0v) is 11.2. The highest BCUT2D eigenvalue weighted by molar-refractivity contribution is 5.83. The minimum absolute atomic E-state index is 0.291. The second-order valence-corrected chi connectivity index (χ2v) is 5.41. The van der Waals surface area contributed by atoms with Crippen LogP contribution < -0.4 is 0 Å². The van der Waals surface area contributed by atoms with Gasteiger partial charge in [0.1, 0.15) is 0 Å². The summed E-state index contributed by atoms with van der Waals surface area (Å²) in [6.07, 6.45) is 3.70. The van der Waals surface area contributed by atoms with Gasteiger partial charge in [-0.2, -0.15) is 0 Å². The fourth-order valence-corrected chi connectivity index (χ4v) is 2.91. The molecule has 4 nitrogen and oxygen atoms in total. The molecule has 1 atom stereocenters. The van der Waals surface area contributed by atoms with Gasteiger partial charge in [0.15, 0.2) is 0 Å². The molecule has 0 radical (unpaired) electrons. The minimum Gasteiger partial charge on any atom is -0.481 e. The van der Waals surface area contributed by atoms with Crippen LogP contribution in [0.25, 0.3) is 10.9 Å². The molecule has 0 bridgehead atoms. The van der Waals surface area contributed by atoms with E-state index in [1.165, 1.54) is 0 Å². The number of pyridine rings is 1. The van der Waals surface area contributed by atoms with Crippen LogP contribution in [0.5, 0.6) is 0 Å². The second kappa shape index (κ2) is 5.21. The van der Waals surface area contributed by atoms with Gasteiger partial charge in [-0.3, -0.25) is 9.78 Å². The molecule has 2 heterocycles. The fraction of sp³-hybridized carbons (Fsp3) is 0.375. The van der Waals surface area contributed by atoms with Gasteiger partial charge >= 0.3 is 5.97 Å². The highest BCUT2D eigenvalue weighted by atomic mass is 16.5. The molecule has 1 aromatic carbocycles. The van der Waals surface area contributed by atoms with Crippen LogP contribution >= 0.6 is 0 Å². The number of carboxylic acid groups (broad SMARTS) is 1. The number of fused-ring (bicyclic) bond motifs is 1. The molecule has 1 aliphatic heterocycles. The van der Waals surface area contributed by atoms with Gasteiger partial charge in [-0.25, -0.2) is 0 Å². The lowest BCUT2D eigenvalue weighted by atomic mass is 9.77. The monoisotopic (exact) mass is 271 g/mol. The van der Waals surface area contributed by atoms with Crippen molar-refractivity contribution in [2.24, 2.45) is 5.41 Å². The smallest absolute Gasteiger partial charge is 0.312 e. The van der Waals surface area contributed by atoms with Crippen LogP contribution in [0.3, 0.4) is 0 Å². The number of ether oxygens (including phenoxy) is 1. The molecule has 1 fully saturated rings. The first-order chi connectivity index (χ1) is 9.71. The molecular formula is C16H17NO3. The Morgan fingerprint density at radius 1 is 1.35 bits per heavy atom. The summed E-state index contributed by atoms with van der Waals surface area (Å²) in [7, 11) is 0. The van der Waals surface area contributed by atoms with Gasteiger partial charge in [-0.05, 0) is 37.0 Å². The van der Waals surface area contributed by atoms with Gasteiger partial charge in [0.05, 0.1) is 17.5 Å². The van der Waals surface area contributed by atoms with E-state index in [1.807, 2.05) is 30.3 Å². The van der Waals surface area contributed by atoms with E-state index in [-0.39, 0.29) is 0 Å². The molecule has 1 saturated heterocycles. The summed E-state index contributed by atoms with van der Waals surface area (Å²) in [5.41, 5.74) is 1.13. The summed E-state index contributed by atoms with van der Waals surface area (Å²) in [6, 6.07) is 9.76. The first-order valence-electron chi connectivity index (χ1n) is 6.85. The molecule has 0 aliphatic carbocycles. The molecule has 1 aromatic heterocycles. The van der Waals surface area contributed by atoms with Gasteiger partial charge in [0, 0.05) is 18.2 Å². The summed E-state index contributed by atoms with van der Waals surface area (Å²) < 4.78 is 5.43. The number of aliphatic carboxylic acids is 1. The van der Waals surface area contributed by atoms with Crippen LogP contribution in [-0.2, 0) is 16.0 Å². The number of carbonyl (C=O) groups is 1. The van der Waals surface area contributed by atoms with E-state index in [2.05, 4.69) is 4.98 Å². The summed E-state index contributed by atoms with van der Waals surface area (Å²) in [5, 5.41) is 10.7. The maximum absolute atomic E-state index is 11.7. The van der Waals surface area contributed by atoms with E-state index >= 15 is 0 Å². The third-order valence-electron chi connectivity index (χ3n) is 4.04. The number of carboxylic acids is 1. The van der Waals surface area contributed by atoms with Crippen molar-refractivity contribution in [1.82, 2.24) is 4.98 Å². The van der Waals surface area contributed by atoms with Crippen LogP contribution in [0.4, 0.5) is 0 Å². The Hall–Kier alpha value is -1.94. The van der Waals surface area contributed by atoms with Crippen LogP contribution in [0, 0.1) is 5.41 Å². The van der Waals surface area contributed by atoms with Crippen molar-refractivity contribution < 1.29 is 14.6 Å². The van der Waals surface area contributed by atoms with Crippen LogP contribution in [0.1, 0.15) is 18.4 Å². The molecule has 20 heavy (non-hydrogen) atoms. The molecule has 4 heteroatoms. The molecule has 0 spiro atoms. The van der Waals surface area contributed by atoms with Gasteiger partial charge in [-0.15, -0.1) is 0 Å². The first kappa shape index (κ1) is 13.1. The first-order valence-corrected chi connectivity index (χ1v) is 6.85. The number of rotatable bonds is 3. The summed E-state index contributed by atoms with van der Waals surface area (Å²) in [4.78, 5) is 16.0. The number of aromatic nitrogens is 1. The van der Waals surface area contributed by atoms with Crippen molar-refractivity contribution in [3.63, 3.8) is 0 Å². The quantitative estimate of drug-likeness (QED) is 0.932. The summed E-state index contributed by atoms with van der Waals surface area (Å²) in [6.45, 7) is 0.950. The summed E-state index contributed by atoms with van der Waals surface area (Å²) in [5.74, 6) is -0.766. The lowest BCUT2D eigenvalue weighted by Gasteiger charge is -2.33. The topological polar surface area (TPSA) is 59.4 Å². The Bertz CT molecular complexity index is 627. The van der Waals surface area contributed by atoms with E-state index < -0.39 is 11.4 Å². The van der Waals surface area contributed by atoms with E-state index in [0.717, 1.165) is 22.9 Å². The third-order valence-corrected chi connectivity index (χ3v) is 4.04. The minimum atomic E-state index is -0.803. The maximum atomic E-state index is 11.7. The summed E-state index contributed by atoms with van der Waals surface area (Å²) >= 11 is 0. The van der Waals surface area contributed by atoms with Crippen LogP contribution in [-0.4, -0.2) is 29.3 Å². The zero-order valence-electron chi connectivity index (χ0n) is 11.2. The largest absolute Gasteiger partial charge is 0.481 e. The van der Waals surface area contributed by atoms with E-state index in [4.69, 9.17) is 4.74 Å². The van der Waals surface area contributed by atoms with E-state index in [1.54, 1.807) is 6.20 Å². The lowest BCUT2D eigenvalue weighted by Crippen LogP contribution is -2.41. The van der Waals surface area contributed by atoms with Gasteiger partial charge in [-0.1, -0.05) is 18.2 Å². The molecule has 1 unspecified atom stereocenters. The molecular weight excluding hydrogens is 254 g/mol. The maximum Gasteiger partial charge on any atom is 0.312 e. The number of nitrogens with zero attached hydrogens (tertiary/aromatic N) is 1. The number of benzene rings is 1. The highest BCUT2D eigenvalue weighted by Gasteiger charge is 2.40. The van der Waals surface area contributed by atoms with Crippen molar-refractivity contribution in [2.45, 2.75) is 19.3 Å². The average Bonchev–Trinajstić information content (AvgIpc) is 2.48. The van der Waals surface area contributed by atoms with Crippen molar-refractivity contribution in [2.75, 3.05) is 13.2 Å². The normalized spacial score (nSPS) is 22.8. The number of hydrogen-bond acceptors (Lipinski definition) is 3. The molecule has 104 valence electrons. The molecule has 1 N–H and O–H groups in total. The van der Waals surface area contributed by atoms with Gasteiger partial charge in [0.2, 0.25) is 0 Å². The third kappa shape index (κ3) is 2.27. The van der Waals surface area contributed by atoms with E-state index in [9.17, 15) is 9.90 Å². The second-order valence-electron chi connectivity index (χ2n) is 5.41. The average molecular weight is 271 g/mol. The van der Waals surface area contributed by atoms with Crippen molar-refractivity contribution in [3.8, 4) is 0 Å². The molecule has 1 aliphatic rings. The predicted molar refractivity (Wildman–Crippen MR) is 75.6 cm³/mol. The molecule has 0 amide bonds. The molecule has 3 rings (SSSR count). The van der Waals surface area contributed by atoms with Crippen molar-refractivity contribution >= 4 is 16.9 Å². The number of para-hydroxylation sites is 1. The van der Waals surface area contributed by atoms with Crippen LogP contribution in [0.2, 0.25) is 0 Å². The predicted octanol–water partition coefficient (Wildman–Crippen LogP) is 2.66. The fourth-order valence-electron chi connectivity index (χ4n) is 2.91.